The van der Waals surface area contributed by atoms with Crippen LogP contribution in [0.4, 0.5) is 10.2 Å². The predicted octanol–water partition coefficient (Wildman–Crippen LogP) is 1.49. The lowest BCUT2D eigenvalue weighted by Gasteiger charge is -2.05. The average molecular weight is 336 g/mol. The van der Waals surface area contributed by atoms with Crippen LogP contribution in [0.2, 0.25) is 0 Å². The predicted molar refractivity (Wildman–Crippen MR) is 85.0 cm³/mol. The quantitative estimate of drug-likeness (QED) is 0.746. The van der Waals surface area contributed by atoms with Gasteiger partial charge in [0.1, 0.15) is 17.8 Å². The van der Waals surface area contributed by atoms with Gasteiger partial charge < -0.3 is 5.32 Å². The zero-order chi connectivity index (χ0) is 17.8. The van der Waals surface area contributed by atoms with Gasteiger partial charge in [0.05, 0.1) is 17.3 Å². The van der Waals surface area contributed by atoms with Gasteiger partial charge in [-0.05, 0) is 30.3 Å². The first-order valence-corrected chi connectivity index (χ1v) is 6.95. The standard InChI is InChI=1S/C16H9FN6O2/c17-11-4-9(7-18)3-10(5-11)12-6-13(20-8-19-12)16(25)21-14-1-2-15(24)23-22-14/h1-6,8H,(H,23,24)(H,21,22,25). The van der Waals surface area contributed by atoms with Gasteiger partial charge in [-0.2, -0.15) is 10.4 Å². The van der Waals surface area contributed by atoms with Crippen molar-refractivity contribution in [3.63, 3.8) is 0 Å². The highest BCUT2D eigenvalue weighted by molar-refractivity contribution is 6.02. The fraction of sp³-hybridized carbons (Fsp3) is 0. The van der Waals surface area contributed by atoms with Crippen molar-refractivity contribution in [3.8, 4) is 17.3 Å². The molecule has 0 radical (unpaired) electrons. The Labute approximate surface area is 140 Å². The van der Waals surface area contributed by atoms with E-state index in [-0.39, 0.29) is 22.8 Å². The molecule has 8 nitrogen and oxygen atoms in total. The van der Waals surface area contributed by atoms with Crippen LogP contribution in [0.5, 0.6) is 0 Å². The summed E-state index contributed by atoms with van der Waals surface area (Å²) in [7, 11) is 0. The van der Waals surface area contributed by atoms with E-state index in [1.165, 1.54) is 30.3 Å². The monoisotopic (exact) mass is 336 g/mol. The number of benzene rings is 1. The Bertz CT molecular complexity index is 1040. The number of rotatable bonds is 3. The van der Waals surface area contributed by atoms with Crippen molar-refractivity contribution in [2.45, 2.75) is 0 Å². The summed E-state index contributed by atoms with van der Waals surface area (Å²) in [5.41, 5.74) is 0.375. The van der Waals surface area contributed by atoms with Crippen LogP contribution in [0.1, 0.15) is 16.1 Å². The van der Waals surface area contributed by atoms with Crippen molar-refractivity contribution in [3.05, 3.63) is 70.2 Å². The zero-order valence-electron chi connectivity index (χ0n) is 12.5. The van der Waals surface area contributed by atoms with Crippen LogP contribution in [0.3, 0.4) is 0 Å². The van der Waals surface area contributed by atoms with E-state index in [4.69, 9.17) is 5.26 Å². The van der Waals surface area contributed by atoms with Crippen LogP contribution in [0, 0.1) is 17.1 Å². The number of nitrogens with zero attached hydrogens (tertiary/aromatic N) is 4. The molecule has 2 N–H and O–H groups in total. The third-order valence-corrected chi connectivity index (χ3v) is 3.14. The lowest BCUT2D eigenvalue weighted by Crippen LogP contribution is -2.17. The maximum absolute atomic E-state index is 13.6. The molecule has 9 heteroatoms. The number of aromatic nitrogens is 4. The van der Waals surface area contributed by atoms with Gasteiger partial charge in [0.15, 0.2) is 5.82 Å². The van der Waals surface area contributed by atoms with E-state index < -0.39 is 17.3 Å². The van der Waals surface area contributed by atoms with Gasteiger partial charge in [-0.25, -0.2) is 19.5 Å². The summed E-state index contributed by atoms with van der Waals surface area (Å²) in [4.78, 5) is 31.0. The molecule has 1 aromatic carbocycles. The van der Waals surface area contributed by atoms with Gasteiger partial charge in [-0.15, -0.1) is 0 Å². The molecule has 0 aliphatic carbocycles. The smallest absolute Gasteiger partial charge is 0.275 e. The van der Waals surface area contributed by atoms with Crippen LogP contribution in [0.15, 0.2) is 47.5 Å². The van der Waals surface area contributed by atoms with E-state index in [1.807, 2.05) is 6.07 Å². The Morgan fingerprint density at radius 2 is 2.04 bits per heavy atom. The molecule has 3 rings (SSSR count). The summed E-state index contributed by atoms with van der Waals surface area (Å²) in [6, 6.07) is 9.52. The van der Waals surface area contributed by atoms with Crippen molar-refractivity contribution >= 4 is 11.7 Å². The SMILES string of the molecule is N#Cc1cc(F)cc(-c2cc(C(=O)Nc3ccc(=O)[nH]n3)ncn2)c1. The molecule has 0 saturated carbocycles. The summed E-state index contributed by atoms with van der Waals surface area (Å²) in [6.07, 6.45) is 1.15. The molecule has 122 valence electrons. The Morgan fingerprint density at radius 1 is 1.20 bits per heavy atom. The molecule has 0 spiro atoms. The van der Waals surface area contributed by atoms with Gasteiger partial charge >= 0.3 is 0 Å². The first-order chi connectivity index (χ1) is 12.0. The molecule has 0 aliphatic heterocycles. The Balaban J connectivity index is 1.90. The Hall–Kier alpha value is -3.93. The van der Waals surface area contributed by atoms with Crippen molar-refractivity contribution in [2.24, 2.45) is 0 Å². The van der Waals surface area contributed by atoms with Crippen LogP contribution in [-0.2, 0) is 0 Å². The minimum absolute atomic E-state index is 0.0146. The van der Waals surface area contributed by atoms with Crippen LogP contribution < -0.4 is 10.9 Å². The molecular weight excluding hydrogens is 327 g/mol. The largest absolute Gasteiger partial charge is 0.304 e. The van der Waals surface area contributed by atoms with Gasteiger partial charge in [-0.3, -0.25) is 9.59 Å². The van der Waals surface area contributed by atoms with Crippen molar-refractivity contribution in [2.75, 3.05) is 5.32 Å². The summed E-state index contributed by atoms with van der Waals surface area (Å²) in [5, 5.41) is 17.2. The number of nitrogens with one attached hydrogen (secondary N) is 2. The number of H-pyrrole nitrogens is 1. The van der Waals surface area contributed by atoms with E-state index in [0.29, 0.717) is 5.56 Å². The lowest BCUT2D eigenvalue weighted by atomic mass is 10.1. The lowest BCUT2D eigenvalue weighted by molar-refractivity contribution is 0.102. The Kier molecular flexibility index (Phi) is 4.26. The van der Waals surface area contributed by atoms with Crippen LogP contribution >= 0.6 is 0 Å². The van der Waals surface area contributed by atoms with Crippen molar-refractivity contribution in [1.82, 2.24) is 20.2 Å². The number of carbonyl (C=O) groups is 1. The summed E-state index contributed by atoms with van der Waals surface area (Å²) >= 11 is 0. The minimum atomic E-state index is -0.587. The molecule has 0 unspecified atom stereocenters. The number of amides is 1. The second-order valence-electron chi connectivity index (χ2n) is 4.89. The minimum Gasteiger partial charge on any atom is -0.304 e. The normalized spacial score (nSPS) is 10.1. The van der Waals surface area contributed by atoms with E-state index in [9.17, 15) is 14.0 Å². The maximum atomic E-state index is 13.6. The third kappa shape index (κ3) is 3.70. The molecule has 0 fully saturated rings. The molecule has 3 aromatic rings. The second kappa shape index (κ2) is 6.67. The van der Waals surface area contributed by atoms with Gasteiger partial charge in [0.2, 0.25) is 0 Å². The van der Waals surface area contributed by atoms with Crippen molar-refractivity contribution in [1.29, 1.82) is 5.26 Å². The topological polar surface area (TPSA) is 124 Å². The molecule has 1 amide bonds. The molecular formula is C16H9FN6O2. The average Bonchev–Trinajstić information content (AvgIpc) is 2.63. The van der Waals surface area contributed by atoms with E-state index in [1.54, 1.807) is 0 Å². The number of hydrogen-bond donors (Lipinski definition) is 2. The second-order valence-corrected chi connectivity index (χ2v) is 4.89. The first kappa shape index (κ1) is 15.9. The fourth-order valence-corrected chi connectivity index (χ4v) is 2.04. The van der Waals surface area contributed by atoms with E-state index in [2.05, 4.69) is 25.5 Å². The number of anilines is 1. The number of carbonyl (C=O) groups excluding carboxylic acids is 1. The molecule has 0 bridgehead atoms. The highest BCUT2D eigenvalue weighted by Gasteiger charge is 2.12. The molecule has 0 atom stereocenters. The highest BCUT2D eigenvalue weighted by Crippen LogP contribution is 2.20. The third-order valence-electron chi connectivity index (χ3n) is 3.14. The molecule has 2 aromatic heterocycles. The van der Waals surface area contributed by atoms with Crippen LogP contribution in [-0.4, -0.2) is 26.1 Å². The maximum Gasteiger partial charge on any atom is 0.275 e. The van der Waals surface area contributed by atoms with Crippen molar-refractivity contribution < 1.29 is 9.18 Å². The summed E-state index contributed by atoms with van der Waals surface area (Å²) in [5.74, 6) is -1.03. The van der Waals surface area contributed by atoms with Gasteiger partial charge in [0.25, 0.3) is 11.5 Å². The van der Waals surface area contributed by atoms with E-state index in [0.717, 1.165) is 12.4 Å². The number of nitriles is 1. The van der Waals surface area contributed by atoms with Gasteiger partial charge in [0, 0.05) is 11.6 Å². The number of halogens is 1. The number of hydrogen-bond acceptors (Lipinski definition) is 6. The summed E-state index contributed by atoms with van der Waals surface area (Å²) in [6.45, 7) is 0. The molecule has 0 aliphatic rings. The van der Waals surface area contributed by atoms with Gasteiger partial charge in [-0.1, -0.05) is 0 Å². The Morgan fingerprint density at radius 3 is 2.76 bits per heavy atom. The first-order valence-electron chi connectivity index (χ1n) is 6.95. The molecule has 25 heavy (non-hydrogen) atoms. The van der Waals surface area contributed by atoms with E-state index >= 15 is 0 Å². The zero-order valence-corrected chi connectivity index (χ0v) is 12.5. The molecule has 0 saturated heterocycles. The number of aromatic amines is 1. The summed E-state index contributed by atoms with van der Waals surface area (Å²) < 4.78 is 13.6. The molecule has 2 heterocycles. The van der Waals surface area contributed by atoms with Crippen LogP contribution in [0.25, 0.3) is 11.3 Å². The fourth-order valence-electron chi connectivity index (χ4n) is 2.04. The highest BCUT2D eigenvalue weighted by atomic mass is 19.1.